The number of aliphatic hydroxyl groups excluding tert-OH is 4. The van der Waals surface area contributed by atoms with Crippen molar-refractivity contribution in [3.8, 4) is 0 Å². The molecular weight excluding hydrogens is 371 g/mol. The van der Waals surface area contributed by atoms with Gasteiger partial charge in [0.1, 0.15) is 0 Å². The normalized spacial score (nSPS) is 11.2. The minimum absolute atomic E-state index is 0.359. The van der Waals surface area contributed by atoms with Gasteiger partial charge in [-0.1, -0.05) is 60.7 Å². The van der Waals surface area contributed by atoms with Crippen LogP contribution in [-0.2, 0) is 22.3 Å². The fourth-order valence-electron chi connectivity index (χ4n) is 1.75. The average molecular weight is 398 g/mol. The molecule has 0 aliphatic heterocycles. The summed E-state index contributed by atoms with van der Waals surface area (Å²) in [6.45, 7) is -0.907. The first kappa shape index (κ1) is 23.6. The van der Waals surface area contributed by atoms with Crippen molar-refractivity contribution in [3.05, 3.63) is 71.8 Å². The molecular formula is C19H27O7P. The first-order valence-corrected chi connectivity index (χ1v) is 9.48. The van der Waals surface area contributed by atoms with Gasteiger partial charge < -0.3 is 34.4 Å². The SMILES string of the molecule is OCC(CO)(CO)CO.OP(OCc1ccccc1)OCc1ccccc1. The van der Waals surface area contributed by atoms with Crippen LogP contribution in [0.4, 0.5) is 0 Å². The zero-order chi connectivity index (χ0) is 20.0. The lowest BCUT2D eigenvalue weighted by Gasteiger charge is -2.23. The lowest BCUT2D eigenvalue weighted by Crippen LogP contribution is -2.37. The zero-order valence-corrected chi connectivity index (χ0v) is 15.9. The molecule has 8 heteroatoms. The smallest absolute Gasteiger partial charge is 0.330 e. The van der Waals surface area contributed by atoms with Crippen LogP contribution in [0.25, 0.3) is 0 Å². The molecule has 2 rings (SSSR count). The lowest BCUT2D eigenvalue weighted by molar-refractivity contribution is -0.0328. The Hall–Kier alpha value is -1.41. The Morgan fingerprint density at radius 1 is 0.630 bits per heavy atom. The fraction of sp³-hybridized carbons (Fsp3) is 0.368. The highest BCUT2D eigenvalue weighted by Gasteiger charge is 2.26. The summed E-state index contributed by atoms with van der Waals surface area (Å²) in [5.74, 6) is 0. The Kier molecular flexibility index (Phi) is 12.0. The van der Waals surface area contributed by atoms with Crippen molar-refractivity contribution < 1.29 is 34.4 Å². The highest BCUT2D eigenvalue weighted by atomic mass is 31.2. The van der Waals surface area contributed by atoms with Crippen molar-refractivity contribution >= 4 is 8.60 Å². The molecule has 0 unspecified atom stereocenters. The van der Waals surface area contributed by atoms with E-state index >= 15 is 0 Å². The minimum atomic E-state index is -1.83. The van der Waals surface area contributed by atoms with Crippen LogP contribution in [-0.4, -0.2) is 51.7 Å². The number of aliphatic hydroxyl groups is 4. The number of hydrogen-bond donors (Lipinski definition) is 5. The molecule has 0 fully saturated rings. The Balaban J connectivity index is 0.000000345. The van der Waals surface area contributed by atoms with Gasteiger partial charge in [0.2, 0.25) is 0 Å². The van der Waals surface area contributed by atoms with Crippen LogP contribution >= 0.6 is 8.60 Å². The van der Waals surface area contributed by atoms with Crippen molar-refractivity contribution in [2.24, 2.45) is 5.41 Å². The lowest BCUT2D eigenvalue weighted by atomic mass is 9.93. The molecule has 0 radical (unpaired) electrons. The van der Waals surface area contributed by atoms with Crippen LogP contribution in [0, 0.1) is 5.41 Å². The predicted octanol–water partition coefficient (Wildman–Crippen LogP) is 1.58. The third-order valence-corrected chi connectivity index (χ3v) is 4.41. The molecule has 2 aromatic rings. The van der Waals surface area contributed by atoms with E-state index in [9.17, 15) is 4.89 Å². The van der Waals surface area contributed by atoms with Gasteiger partial charge in [0.05, 0.1) is 45.1 Å². The van der Waals surface area contributed by atoms with Crippen LogP contribution in [0.15, 0.2) is 60.7 Å². The molecule has 0 bridgehead atoms. The minimum Gasteiger partial charge on any atom is -0.396 e. The molecule has 7 nitrogen and oxygen atoms in total. The summed E-state index contributed by atoms with van der Waals surface area (Å²) in [5, 5.41) is 34.0. The third kappa shape index (κ3) is 9.37. The van der Waals surface area contributed by atoms with E-state index in [0.717, 1.165) is 11.1 Å². The first-order valence-electron chi connectivity index (χ1n) is 8.35. The molecule has 0 aliphatic rings. The van der Waals surface area contributed by atoms with E-state index < -0.39 is 40.4 Å². The van der Waals surface area contributed by atoms with Crippen molar-refractivity contribution in [2.45, 2.75) is 13.2 Å². The van der Waals surface area contributed by atoms with E-state index in [4.69, 9.17) is 29.5 Å². The largest absolute Gasteiger partial charge is 0.396 e. The van der Waals surface area contributed by atoms with Gasteiger partial charge in [-0.2, -0.15) is 0 Å². The van der Waals surface area contributed by atoms with Crippen LogP contribution in [0.3, 0.4) is 0 Å². The van der Waals surface area contributed by atoms with Gasteiger partial charge in [-0.3, -0.25) is 0 Å². The van der Waals surface area contributed by atoms with Gasteiger partial charge in [0.25, 0.3) is 0 Å². The summed E-state index contributed by atoms with van der Waals surface area (Å²) >= 11 is 0. The van der Waals surface area contributed by atoms with Crippen molar-refractivity contribution in [3.63, 3.8) is 0 Å². The van der Waals surface area contributed by atoms with E-state index in [1.807, 2.05) is 60.7 Å². The van der Waals surface area contributed by atoms with Crippen LogP contribution < -0.4 is 0 Å². The van der Waals surface area contributed by atoms with Gasteiger partial charge in [0, 0.05) is 0 Å². The van der Waals surface area contributed by atoms with Crippen molar-refractivity contribution in [1.29, 1.82) is 0 Å². The monoisotopic (exact) mass is 398 g/mol. The quantitative estimate of drug-likeness (QED) is 0.386. The Bertz CT molecular complexity index is 533. The Morgan fingerprint density at radius 2 is 0.963 bits per heavy atom. The molecule has 150 valence electrons. The number of hydrogen-bond acceptors (Lipinski definition) is 7. The van der Waals surface area contributed by atoms with Gasteiger partial charge >= 0.3 is 8.60 Å². The maximum atomic E-state index is 9.59. The van der Waals surface area contributed by atoms with Crippen molar-refractivity contribution in [1.82, 2.24) is 0 Å². The maximum absolute atomic E-state index is 9.59. The third-order valence-electron chi connectivity index (χ3n) is 3.71. The Morgan fingerprint density at radius 3 is 1.22 bits per heavy atom. The van der Waals surface area contributed by atoms with Gasteiger partial charge in [0.15, 0.2) is 0 Å². The van der Waals surface area contributed by atoms with Gasteiger partial charge in [-0.25, -0.2) is 0 Å². The van der Waals surface area contributed by atoms with E-state index in [1.165, 1.54) is 0 Å². The molecule has 0 aliphatic carbocycles. The van der Waals surface area contributed by atoms with Crippen LogP contribution in [0.1, 0.15) is 11.1 Å². The molecule has 0 saturated heterocycles. The van der Waals surface area contributed by atoms with Crippen molar-refractivity contribution in [2.75, 3.05) is 26.4 Å². The Labute approximate surface area is 160 Å². The molecule has 0 amide bonds. The summed E-state index contributed by atoms with van der Waals surface area (Å²) in [6, 6.07) is 19.4. The second kappa shape index (κ2) is 13.7. The molecule has 5 N–H and O–H groups in total. The number of rotatable bonds is 10. The standard InChI is InChI=1S/C14H15O3P.C5H12O4/c15-18(16-11-13-7-3-1-4-8-13)17-12-14-9-5-2-6-10-14;6-1-5(2-7,3-8)4-9/h1-10,15H,11-12H2;6-9H,1-4H2. The van der Waals surface area contributed by atoms with Crippen LogP contribution in [0.5, 0.6) is 0 Å². The van der Waals surface area contributed by atoms with Gasteiger partial charge in [-0.15, -0.1) is 0 Å². The maximum Gasteiger partial charge on any atom is 0.330 e. The predicted molar refractivity (Wildman–Crippen MR) is 102 cm³/mol. The molecule has 2 aromatic carbocycles. The van der Waals surface area contributed by atoms with E-state index in [0.29, 0.717) is 13.2 Å². The molecule has 0 heterocycles. The average Bonchev–Trinajstić information content (AvgIpc) is 2.75. The molecule has 0 spiro atoms. The second-order valence-corrected chi connectivity index (χ2v) is 6.88. The summed E-state index contributed by atoms with van der Waals surface area (Å²) in [5.41, 5.74) is 0.921. The molecule has 0 atom stereocenters. The molecule has 0 aromatic heterocycles. The fourth-order valence-corrected chi connectivity index (χ4v) is 2.34. The molecule has 27 heavy (non-hydrogen) atoms. The summed E-state index contributed by atoms with van der Waals surface area (Å²) in [4.78, 5) is 9.59. The number of benzene rings is 2. The summed E-state index contributed by atoms with van der Waals surface area (Å²) in [6.07, 6.45) is 0. The summed E-state index contributed by atoms with van der Waals surface area (Å²) < 4.78 is 10.5. The topological polar surface area (TPSA) is 120 Å². The van der Waals surface area contributed by atoms with E-state index in [2.05, 4.69) is 0 Å². The zero-order valence-electron chi connectivity index (χ0n) is 15.0. The highest BCUT2D eigenvalue weighted by Crippen LogP contribution is 2.35. The first-order chi connectivity index (χ1) is 13.1. The van der Waals surface area contributed by atoms with Gasteiger partial charge in [-0.05, 0) is 11.1 Å². The second-order valence-electron chi connectivity index (χ2n) is 5.89. The van der Waals surface area contributed by atoms with E-state index in [-0.39, 0.29) is 0 Å². The highest BCUT2D eigenvalue weighted by molar-refractivity contribution is 7.40. The van der Waals surface area contributed by atoms with E-state index in [1.54, 1.807) is 0 Å². The molecule has 0 saturated carbocycles. The summed E-state index contributed by atoms with van der Waals surface area (Å²) in [7, 11) is -1.83. The van der Waals surface area contributed by atoms with Crippen LogP contribution in [0.2, 0.25) is 0 Å².